The molecular formula is C38H69NO3. The molecule has 0 radical (unpaired) electrons. The summed E-state index contributed by atoms with van der Waals surface area (Å²) in [6, 6.07) is 0. The standard InChI is InChI=1S/C30H50O.C3H7NO2.C3H6.C2H6/c1-20-21-11-14-30(7)25(28(21,5)13-12-24(20)31-8)10-9-22-23-19-26(2,3)15-16-27(23,4)17-18-29(22,30)6;5-2-1-4-3-6;1-3-2;1-2/h9,20-21,23-25H,10-19H2,1-8H3;3,5H,1-2H2,(H,4,6);3H,1H2,2H3;1-2H3. The molecule has 9 unspecified atom stereocenters. The number of ether oxygens (including phenoxy) is 1. The first kappa shape index (κ1) is 37.1. The fourth-order valence-electron chi connectivity index (χ4n) is 10.6. The highest BCUT2D eigenvalue weighted by Crippen LogP contribution is 2.74. The lowest BCUT2D eigenvalue weighted by atomic mass is 9.34. The maximum atomic E-state index is 9.34. The first-order valence-electron chi connectivity index (χ1n) is 17.3. The first-order chi connectivity index (χ1) is 19.7. The zero-order valence-electron chi connectivity index (χ0n) is 29.6. The van der Waals surface area contributed by atoms with Gasteiger partial charge in [-0.2, -0.15) is 0 Å². The summed E-state index contributed by atoms with van der Waals surface area (Å²) < 4.78 is 5.94. The highest BCUT2D eigenvalue weighted by atomic mass is 16.5. The summed E-state index contributed by atoms with van der Waals surface area (Å²) in [5.74, 6) is 3.21. The topological polar surface area (TPSA) is 58.6 Å². The maximum Gasteiger partial charge on any atom is 0.207 e. The smallest absolute Gasteiger partial charge is 0.207 e. The number of nitrogens with one attached hydrogen (secondary N) is 1. The van der Waals surface area contributed by atoms with Crippen LogP contribution in [0.2, 0.25) is 0 Å². The second-order valence-corrected chi connectivity index (χ2v) is 15.8. The molecule has 0 saturated heterocycles. The zero-order chi connectivity index (χ0) is 32.0. The number of rotatable bonds is 4. The van der Waals surface area contributed by atoms with Crippen LogP contribution in [0.3, 0.4) is 0 Å². The molecule has 0 bridgehead atoms. The van der Waals surface area contributed by atoms with Gasteiger partial charge in [-0.1, -0.05) is 80.0 Å². The lowest BCUT2D eigenvalue weighted by molar-refractivity contribution is -0.182. The van der Waals surface area contributed by atoms with Crippen molar-refractivity contribution in [1.29, 1.82) is 0 Å². The van der Waals surface area contributed by atoms with E-state index in [1.807, 2.05) is 33.5 Å². The molecule has 5 rings (SSSR count). The van der Waals surface area contributed by atoms with E-state index in [0.717, 1.165) is 17.8 Å². The molecule has 5 aliphatic carbocycles. The summed E-state index contributed by atoms with van der Waals surface area (Å²) in [4.78, 5) is 9.34. The second-order valence-electron chi connectivity index (χ2n) is 15.8. The predicted octanol–water partition coefficient (Wildman–Crippen LogP) is 9.38. The monoisotopic (exact) mass is 588 g/mol. The molecule has 4 nitrogen and oxygen atoms in total. The van der Waals surface area contributed by atoms with Crippen molar-refractivity contribution in [2.45, 2.75) is 140 Å². The van der Waals surface area contributed by atoms with E-state index in [-0.39, 0.29) is 6.61 Å². The van der Waals surface area contributed by atoms with E-state index in [9.17, 15) is 4.79 Å². The van der Waals surface area contributed by atoms with Crippen molar-refractivity contribution in [3.63, 3.8) is 0 Å². The second kappa shape index (κ2) is 14.8. The number of hydrogen-bond donors (Lipinski definition) is 2. The molecule has 0 aliphatic heterocycles. The number of carbonyl (C=O) groups excluding carboxylic acids is 1. The molecule has 4 saturated carbocycles. The van der Waals surface area contributed by atoms with Crippen molar-refractivity contribution in [2.24, 2.45) is 50.7 Å². The minimum absolute atomic E-state index is 0.0126. The highest BCUT2D eigenvalue weighted by Gasteiger charge is 2.66. The van der Waals surface area contributed by atoms with Gasteiger partial charge in [-0.15, -0.1) is 6.58 Å². The van der Waals surface area contributed by atoms with Crippen LogP contribution in [0.1, 0.15) is 133 Å². The molecule has 1 amide bonds. The average Bonchev–Trinajstić information content (AvgIpc) is 2.95. The van der Waals surface area contributed by atoms with Crippen LogP contribution in [0.5, 0.6) is 0 Å². The third-order valence-corrected chi connectivity index (χ3v) is 13.2. The summed E-state index contributed by atoms with van der Waals surface area (Å²) in [7, 11) is 1.94. The van der Waals surface area contributed by atoms with E-state index in [4.69, 9.17) is 9.84 Å². The molecule has 4 fully saturated rings. The van der Waals surface area contributed by atoms with Gasteiger partial charge in [-0.05, 0) is 122 Å². The Bertz CT molecular complexity index is 912. The lowest BCUT2D eigenvalue weighted by Crippen LogP contribution is -2.62. The number of aliphatic hydroxyl groups excluding tert-OH is 1. The number of carbonyl (C=O) groups is 1. The van der Waals surface area contributed by atoms with Gasteiger partial charge in [0.15, 0.2) is 0 Å². The summed E-state index contributed by atoms with van der Waals surface area (Å²) in [6.07, 6.45) is 19.6. The van der Waals surface area contributed by atoms with Crippen LogP contribution in [-0.4, -0.2) is 37.9 Å². The quantitative estimate of drug-likeness (QED) is 0.196. The maximum absolute atomic E-state index is 9.34. The molecule has 244 valence electrons. The summed E-state index contributed by atoms with van der Waals surface area (Å²) >= 11 is 0. The van der Waals surface area contributed by atoms with Crippen LogP contribution in [0.15, 0.2) is 24.3 Å². The van der Waals surface area contributed by atoms with Gasteiger partial charge in [0.2, 0.25) is 6.41 Å². The third-order valence-electron chi connectivity index (χ3n) is 13.2. The van der Waals surface area contributed by atoms with Gasteiger partial charge in [-0.25, -0.2) is 0 Å². The Kier molecular flexibility index (Phi) is 13.0. The van der Waals surface area contributed by atoms with Crippen molar-refractivity contribution in [3.8, 4) is 0 Å². The van der Waals surface area contributed by atoms with Gasteiger partial charge in [-0.3, -0.25) is 4.79 Å². The molecule has 5 aliphatic rings. The Morgan fingerprint density at radius 2 is 1.64 bits per heavy atom. The van der Waals surface area contributed by atoms with E-state index in [0.29, 0.717) is 52.1 Å². The van der Waals surface area contributed by atoms with Crippen LogP contribution in [0.4, 0.5) is 0 Å². The van der Waals surface area contributed by atoms with Gasteiger partial charge in [0.05, 0.1) is 12.7 Å². The van der Waals surface area contributed by atoms with Crippen molar-refractivity contribution in [2.75, 3.05) is 20.3 Å². The summed E-state index contributed by atoms with van der Waals surface area (Å²) in [5.41, 5.74) is 4.33. The highest BCUT2D eigenvalue weighted by molar-refractivity contribution is 5.45. The average molecular weight is 588 g/mol. The minimum Gasteiger partial charge on any atom is -0.395 e. The fourth-order valence-corrected chi connectivity index (χ4v) is 10.6. The van der Waals surface area contributed by atoms with Crippen LogP contribution in [-0.2, 0) is 9.53 Å². The zero-order valence-corrected chi connectivity index (χ0v) is 29.6. The molecule has 0 aromatic rings. The Hall–Kier alpha value is -1.13. The van der Waals surface area contributed by atoms with E-state index in [1.165, 1.54) is 64.2 Å². The van der Waals surface area contributed by atoms with Crippen LogP contribution in [0.25, 0.3) is 0 Å². The minimum atomic E-state index is 0.0126. The molecule has 0 aromatic carbocycles. The number of fused-ring (bicyclic) bond motifs is 7. The van der Waals surface area contributed by atoms with Crippen LogP contribution >= 0.6 is 0 Å². The number of aliphatic hydroxyl groups is 1. The van der Waals surface area contributed by atoms with E-state index >= 15 is 0 Å². The SMILES string of the molecule is C=CC.CC.COC1CCC2(C)C(CCC3(C)C2CC=C2C4CC(C)(C)CCC4(C)CCC23C)C1C.O=CNCCO. The predicted molar refractivity (Wildman–Crippen MR) is 179 cm³/mol. The number of amides is 1. The normalized spacial score (nSPS) is 42.8. The Morgan fingerprint density at radius 3 is 2.19 bits per heavy atom. The van der Waals surface area contributed by atoms with Crippen LogP contribution < -0.4 is 5.32 Å². The van der Waals surface area contributed by atoms with Crippen molar-refractivity contribution >= 4 is 6.41 Å². The van der Waals surface area contributed by atoms with E-state index in [1.54, 1.807) is 6.08 Å². The fraction of sp³-hybridized carbons (Fsp3) is 0.868. The molecule has 42 heavy (non-hydrogen) atoms. The third kappa shape index (κ3) is 6.75. The lowest BCUT2D eigenvalue weighted by Gasteiger charge is -2.70. The van der Waals surface area contributed by atoms with Gasteiger partial charge in [0, 0.05) is 13.7 Å². The van der Waals surface area contributed by atoms with Crippen molar-refractivity contribution < 1.29 is 14.6 Å². The molecule has 0 aromatic heterocycles. The molecule has 0 heterocycles. The number of hydrogen-bond acceptors (Lipinski definition) is 3. The van der Waals surface area contributed by atoms with E-state index < -0.39 is 0 Å². The Labute approximate surface area is 260 Å². The Morgan fingerprint density at radius 1 is 1.02 bits per heavy atom. The van der Waals surface area contributed by atoms with Gasteiger partial charge in [0.25, 0.3) is 0 Å². The number of allylic oxidation sites excluding steroid dienone is 3. The largest absolute Gasteiger partial charge is 0.395 e. The molecule has 2 N–H and O–H groups in total. The van der Waals surface area contributed by atoms with Gasteiger partial charge in [0.1, 0.15) is 0 Å². The summed E-state index contributed by atoms with van der Waals surface area (Å²) in [5, 5.41) is 10.2. The van der Waals surface area contributed by atoms with Crippen LogP contribution in [0, 0.1) is 50.7 Å². The first-order valence-corrected chi connectivity index (χ1v) is 17.3. The van der Waals surface area contributed by atoms with Crippen molar-refractivity contribution in [3.05, 3.63) is 24.3 Å². The molecule has 9 atom stereocenters. The summed E-state index contributed by atoms with van der Waals surface area (Å²) in [6.45, 7) is 28.0. The van der Waals surface area contributed by atoms with Crippen molar-refractivity contribution in [1.82, 2.24) is 5.32 Å². The molecular weight excluding hydrogens is 518 g/mol. The Balaban J connectivity index is 0.000000487. The molecule has 4 heteroatoms. The van der Waals surface area contributed by atoms with Gasteiger partial charge >= 0.3 is 0 Å². The van der Waals surface area contributed by atoms with Gasteiger partial charge < -0.3 is 15.2 Å². The molecule has 0 spiro atoms. The van der Waals surface area contributed by atoms with E-state index in [2.05, 4.69) is 66.4 Å². The number of methoxy groups -OCH3 is 1.